The first kappa shape index (κ1) is 25.9. The molecule has 4 rings (SSSR count). The van der Waals surface area contributed by atoms with Crippen LogP contribution in [-0.2, 0) is 11.6 Å². The zero-order valence-corrected chi connectivity index (χ0v) is 19.8. The van der Waals surface area contributed by atoms with Crippen LogP contribution in [0.3, 0.4) is 0 Å². The molecule has 5 nitrogen and oxygen atoms in total. The highest BCUT2D eigenvalue weighted by atomic mass is 35.5. The maximum absolute atomic E-state index is 14.6. The molecule has 1 aromatic heterocycles. The third-order valence-electron chi connectivity index (χ3n) is 6.40. The molecule has 0 radical (unpaired) electrons. The van der Waals surface area contributed by atoms with Crippen molar-refractivity contribution < 1.29 is 27.5 Å². The fourth-order valence-electron chi connectivity index (χ4n) is 4.65. The predicted molar refractivity (Wildman–Crippen MR) is 127 cm³/mol. The molecule has 1 saturated carbocycles. The lowest BCUT2D eigenvalue weighted by molar-refractivity contribution is -0.137. The van der Waals surface area contributed by atoms with E-state index in [4.69, 9.17) is 11.6 Å². The Bertz CT molecular complexity index is 1210. The minimum Gasteiger partial charge on any atom is -0.393 e. The van der Waals surface area contributed by atoms with E-state index in [9.17, 15) is 27.5 Å². The molecule has 1 heterocycles. The van der Waals surface area contributed by atoms with Crippen LogP contribution in [0.15, 0.2) is 66.9 Å². The van der Waals surface area contributed by atoms with Gasteiger partial charge in [0, 0.05) is 18.8 Å². The van der Waals surface area contributed by atoms with Gasteiger partial charge < -0.3 is 15.7 Å². The summed E-state index contributed by atoms with van der Waals surface area (Å²) in [4.78, 5) is 17.2. The Balaban J connectivity index is 1.83. The highest BCUT2D eigenvalue weighted by Crippen LogP contribution is 2.41. The number of benzene rings is 2. The number of nitrogens with one attached hydrogen (secondary N) is 2. The van der Waals surface area contributed by atoms with Crippen LogP contribution in [0.2, 0.25) is 5.02 Å². The second-order valence-electron chi connectivity index (χ2n) is 8.85. The van der Waals surface area contributed by atoms with Crippen molar-refractivity contribution in [1.82, 2.24) is 15.6 Å². The fourth-order valence-corrected chi connectivity index (χ4v) is 4.76. The van der Waals surface area contributed by atoms with E-state index < -0.39 is 35.1 Å². The van der Waals surface area contributed by atoms with E-state index in [1.807, 2.05) is 0 Å². The Morgan fingerprint density at radius 1 is 1.03 bits per heavy atom. The van der Waals surface area contributed by atoms with Gasteiger partial charge in [0.25, 0.3) is 0 Å². The molecule has 0 saturated heterocycles. The third-order valence-corrected chi connectivity index (χ3v) is 6.63. The summed E-state index contributed by atoms with van der Waals surface area (Å²) in [5.41, 5.74) is -1.91. The van der Waals surface area contributed by atoms with Gasteiger partial charge >= 0.3 is 12.2 Å². The van der Waals surface area contributed by atoms with Crippen molar-refractivity contribution in [2.75, 3.05) is 6.54 Å². The Labute approximate surface area is 210 Å². The molecule has 3 atom stereocenters. The first-order valence-electron chi connectivity index (χ1n) is 11.4. The molecule has 2 aromatic carbocycles. The minimum atomic E-state index is -4.79. The lowest BCUT2D eigenvalue weighted by Crippen LogP contribution is -2.48. The summed E-state index contributed by atoms with van der Waals surface area (Å²) in [5, 5.41) is 15.6. The number of hydrogen-bond donors (Lipinski definition) is 3. The van der Waals surface area contributed by atoms with Crippen LogP contribution in [0.4, 0.5) is 22.4 Å². The second kappa shape index (κ2) is 10.4. The van der Waals surface area contributed by atoms with Crippen molar-refractivity contribution in [1.29, 1.82) is 0 Å². The van der Waals surface area contributed by atoms with Crippen LogP contribution in [0.1, 0.15) is 41.6 Å². The predicted octanol–water partition coefficient (Wildman–Crippen LogP) is 5.44. The van der Waals surface area contributed by atoms with E-state index in [0.29, 0.717) is 35.9 Å². The molecule has 190 valence electrons. The summed E-state index contributed by atoms with van der Waals surface area (Å²) in [6.45, 7) is -0.229. The normalized spacial score (nSPS) is 19.5. The maximum Gasteiger partial charge on any atom is 0.416 e. The van der Waals surface area contributed by atoms with Crippen molar-refractivity contribution in [3.63, 3.8) is 0 Å². The summed E-state index contributed by atoms with van der Waals surface area (Å²) >= 11 is 6.03. The first-order chi connectivity index (χ1) is 17.1. The number of nitrogens with zero attached hydrogens (tertiary/aromatic N) is 1. The van der Waals surface area contributed by atoms with Gasteiger partial charge in [-0.25, -0.2) is 9.18 Å². The van der Waals surface area contributed by atoms with Gasteiger partial charge in [-0.1, -0.05) is 41.9 Å². The number of carbonyl (C=O) groups excluding carboxylic acids is 1. The highest BCUT2D eigenvalue weighted by molar-refractivity contribution is 6.30. The van der Waals surface area contributed by atoms with Crippen LogP contribution < -0.4 is 10.6 Å². The SMILES string of the molecule is O=C(NCC(c1ccccc1)(c1cc(F)cc(C(F)(F)F)c1)c1ccc(Cl)cn1)NC1CCC(O)C1. The van der Waals surface area contributed by atoms with Gasteiger partial charge in [0.15, 0.2) is 0 Å². The van der Waals surface area contributed by atoms with Gasteiger partial charge in [0.05, 0.1) is 27.8 Å². The average Bonchev–Trinajstić information content (AvgIpc) is 3.24. The van der Waals surface area contributed by atoms with E-state index in [1.165, 1.54) is 12.3 Å². The zero-order chi connectivity index (χ0) is 25.9. The lowest BCUT2D eigenvalue weighted by Gasteiger charge is -2.35. The third kappa shape index (κ3) is 5.63. The molecule has 3 unspecified atom stereocenters. The maximum atomic E-state index is 14.6. The Kier molecular flexibility index (Phi) is 7.51. The number of urea groups is 1. The lowest BCUT2D eigenvalue weighted by atomic mass is 9.71. The molecular weight excluding hydrogens is 498 g/mol. The molecule has 2 amide bonds. The Morgan fingerprint density at radius 2 is 1.75 bits per heavy atom. The first-order valence-corrected chi connectivity index (χ1v) is 11.7. The van der Waals surface area contributed by atoms with Crippen molar-refractivity contribution in [3.8, 4) is 0 Å². The Hall–Kier alpha value is -3.17. The van der Waals surface area contributed by atoms with E-state index in [-0.39, 0.29) is 23.8 Å². The molecule has 3 aromatic rings. The molecule has 36 heavy (non-hydrogen) atoms. The van der Waals surface area contributed by atoms with E-state index >= 15 is 0 Å². The van der Waals surface area contributed by atoms with Crippen molar-refractivity contribution >= 4 is 17.6 Å². The van der Waals surface area contributed by atoms with Crippen molar-refractivity contribution in [2.24, 2.45) is 0 Å². The van der Waals surface area contributed by atoms with Crippen LogP contribution in [0.5, 0.6) is 0 Å². The Morgan fingerprint density at radius 3 is 2.36 bits per heavy atom. The van der Waals surface area contributed by atoms with E-state index in [1.54, 1.807) is 36.4 Å². The van der Waals surface area contributed by atoms with Crippen molar-refractivity contribution in [2.45, 2.75) is 43.0 Å². The van der Waals surface area contributed by atoms with E-state index in [0.717, 1.165) is 12.1 Å². The van der Waals surface area contributed by atoms with Crippen LogP contribution in [0, 0.1) is 5.82 Å². The highest BCUT2D eigenvalue weighted by Gasteiger charge is 2.41. The summed E-state index contributed by atoms with van der Waals surface area (Å²) < 4.78 is 55.6. The average molecular weight is 522 g/mol. The standard InChI is InChI=1S/C26H24ClF4N3O2/c27-19-6-9-23(32-14-19)25(16-4-2-1-3-5-16,15-33-24(36)34-21-7-8-22(35)13-21)17-10-18(26(29,30)31)12-20(28)11-17/h1-6,9-12,14,21-22,35H,7-8,13,15H2,(H2,33,34,36). The summed E-state index contributed by atoms with van der Waals surface area (Å²) in [6.07, 6.45) is -2.36. The molecule has 0 bridgehead atoms. The quantitative estimate of drug-likeness (QED) is 0.378. The number of carbonyl (C=O) groups is 1. The number of aromatic nitrogens is 1. The second-order valence-corrected chi connectivity index (χ2v) is 9.29. The van der Waals surface area contributed by atoms with Gasteiger partial charge in [-0.15, -0.1) is 0 Å². The zero-order valence-electron chi connectivity index (χ0n) is 19.0. The summed E-state index contributed by atoms with van der Waals surface area (Å²) in [7, 11) is 0. The smallest absolute Gasteiger partial charge is 0.393 e. The molecule has 0 spiro atoms. The number of alkyl halides is 3. The van der Waals surface area contributed by atoms with Gasteiger partial charge in [-0.2, -0.15) is 13.2 Å². The number of hydrogen-bond acceptors (Lipinski definition) is 3. The van der Waals surface area contributed by atoms with Crippen LogP contribution in [-0.4, -0.2) is 34.8 Å². The van der Waals surface area contributed by atoms with Gasteiger partial charge in [0.1, 0.15) is 5.82 Å². The number of aliphatic hydroxyl groups excluding tert-OH is 1. The largest absolute Gasteiger partial charge is 0.416 e. The van der Waals surface area contributed by atoms with Gasteiger partial charge in [-0.05, 0) is 60.7 Å². The number of halogens is 5. The summed E-state index contributed by atoms with van der Waals surface area (Å²) in [5.74, 6) is -1.07. The number of pyridine rings is 1. The van der Waals surface area contributed by atoms with E-state index in [2.05, 4.69) is 15.6 Å². The number of aliphatic hydroxyl groups is 1. The summed E-state index contributed by atoms with van der Waals surface area (Å²) in [6, 6.07) is 13.1. The van der Waals surface area contributed by atoms with Crippen molar-refractivity contribution in [3.05, 3.63) is 100 Å². The molecule has 1 aliphatic carbocycles. The van der Waals surface area contributed by atoms with Crippen LogP contribution in [0.25, 0.3) is 0 Å². The fraction of sp³-hybridized carbons (Fsp3) is 0.308. The molecule has 3 N–H and O–H groups in total. The monoisotopic (exact) mass is 521 g/mol. The number of amides is 2. The number of rotatable bonds is 6. The molecule has 0 aliphatic heterocycles. The molecule has 1 aliphatic rings. The topological polar surface area (TPSA) is 74.2 Å². The molecule has 1 fully saturated rings. The van der Waals surface area contributed by atoms with Gasteiger partial charge in [0.2, 0.25) is 0 Å². The molecule has 10 heteroatoms. The molecular formula is C26H24ClF4N3O2. The minimum absolute atomic E-state index is 0.0348. The van der Waals surface area contributed by atoms with Crippen LogP contribution >= 0.6 is 11.6 Å². The van der Waals surface area contributed by atoms with Gasteiger partial charge in [-0.3, -0.25) is 4.98 Å².